The van der Waals surface area contributed by atoms with Crippen LogP contribution in [-0.4, -0.2) is 29.3 Å². The van der Waals surface area contributed by atoms with Gasteiger partial charge in [-0.3, -0.25) is 4.79 Å². The van der Waals surface area contributed by atoms with E-state index in [9.17, 15) is 23.2 Å². The number of nitriles is 1. The number of nitrogens with one attached hydrogen (secondary N) is 1. The highest BCUT2D eigenvalue weighted by Gasteiger charge is 2.11. The van der Waals surface area contributed by atoms with E-state index in [0.29, 0.717) is 22.9 Å². The molecule has 5 nitrogen and oxygen atoms in total. The fraction of sp³-hybridized carbons (Fsp3) is 0.476. The second kappa shape index (κ2) is 15.3. The zero-order chi connectivity index (χ0) is 22.2. The summed E-state index contributed by atoms with van der Waals surface area (Å²) < 4.78 is 29.0. The van der Waals surface area contributed by atoms with E-state index in [1.165, 1.54) is 38.3 Å². The maximum absolute atomic E-state index is 11.7. The molecule has 1 fully saturated rings. The number of halogens is 3. The Bertz CT molecular complexity index is 707. The number of hydrogen-bond donors (Lipinski definition) is 2. The van der Waals surface area contributed by atoms with E-state index in [-0.39, 0.29) is 5.57 Å². The number of carbonyl (C=O) groups excluding carboxylic acids is 1. The lowest BCUT2D eigenvalue weighted by atomic mass is 9.88. The lowest BCUT2D eigenvalue weighted by Crippen LogP contribution is -2.16. The lowest BCUT2D eigenvalue weighted by molar-refractivity contribution is -0.113. The molecule has 0 radical (unpaired) electrons. The number of nitrogens with zero attached hydrogens (tertiary/aromatic N) is 2. The maximum atomic E-state index is 11.7. The van der Waals surface area contributed by atoms with Gasteiger partial charge in [0, 0.05) is 11.1 Å². The molecule has 1 aromatic rings. The van der Waals surface area contributed by atoms with Crippen molar-refractivity contribution in [2.24, 2.45) is 5.92 Å². The van der Waals surface area contributed by atoms with E-state index >= 15 is 0 Å². The van der Waals surface area contributed by atoms with Crippen LogP contribution < -0.4 is 5.32 Å². The minimum absolute atomic E-state index is 0.0775. The van der Waals surface area contributed by atoms with Crippen LogP contribution in [0, 0.1) is 17.2 Å². The summed E-state index contributed by atoms with van der Waals surface area (Å²) in [4.78, 5) is 15.8. The Kier molecular flexibility index (Phi) is 13.9. The Labute approximate surface area is 170 Å². The van der Waals surface area contributed by atoms with E-state index in [1.54, 1.807) is 6.07 Å². The first-order valence-corrected chi connectivity index (χ1v) is 9.48. The minimum Gasteiger partial charge on any atom is -0.391 e. The summed E-state index contributed by atoms with van der Waals surface area (Å²) in [7, 11) is 0. The fourth-order valence-electron chi connectivity index (χ4n) is 2.63. The summed E-state index contributed by atoms with van der Waals surface area (Å²) in [6, 6.07) is 3.78. The summed E-state index contributed by atoms with van der Waals surface area (Å²) in [6.45, 7) is 3.41. The molecule has 1 aliphatic rings. The highest BCUT2D eigenvalue weighted by atomic mass is 19.4. The van der Waals surface area contributed by atoms with Crippen molar-refractivity contribution in [1.29, 1.82) is 5.26 Å². The maximum Gasteiger partial charge on any atom is 0.379 e. The third kappa shape index (κ3) is 11.1. The number of hydrogen-bond acceptors (Lipinski definition) is 4. The van der Waals surface area contributed by atoms with Crippen molar-refractivity contribution in [2.45, 2.75) is 52.6 Å². The van der Waals surface area contributed by atoms with E-state index in [0.717, 1.165) is 0 Å². The van der Waals surface area contributed by atoms with Gasteiger partial charge < -0.3 is 10.4 Å². The average molecular weight is 411 g/mol. The summed E-state index contributed by atoms with van der Waals surface area (Å²) in [5.41, 5.74) is 1.57. The third-order valence-corrected chi connectivity index (χ3v) is 3.99. The first-order chi connectivity index (χ1) is 13.9. The van der Waals surface area contributed by atoms with Crippen LogP contribution in [0.15, 0.2) is 30.5 Å². The van der Waals surface area contributed by atoms with E-state index < -0.39 is 19.2 Å². The van der Waals surface area contributed by atoms with Crippen molar-refractivity contribution in [3.05, 3.63) is 41.7 Å². The van der Waals surface area contributed by atoms with Crippen molar-refractivity contribution in [1.82, 2.24) is 4.98 Å². The van der Waals surface area contributed by atoms with Gasteiger partial charge in [0.25, 0.3) is 5.91 Å². The average Bonchev–Trinajstić information content (AvgIpc) is 2.73. The molecule has 0 atom stereocenters. The van der Waals surface area contributed by atoms with Gasteiger partial charge >= 0.3 is 6.68 Å². The number of aliphatic hydroxyl groups excluding tert-OH is 1. The number of amides is 1. The number of aromatic nitrogens is 1. The van der Waals surface area contributed by atoms with Crippen LogP contribution in [0.25, 0.3) is 6.08 Å². The molecule has 0 unspecified atom stereocenters. The predicted molar refractivity (Wildman–Crippen MR) is 108 cm³/mol. The number of allylic oxidation sites excluding steroid dienone is 1. The van der Waals surface area contributed by atoms with Crippen molar-refractivity contribution in [3.63, 3.8) is 0 Å². The van der Waals surface area contributed by atoms with Crippen LogP contribution in [-0.2, 0) is 4.79 Å². The molecule has 160 valence electrons. The summed E-state index contributed by atoms with van der Waals surface area (Å²) in [5, 5.41) is 20.7. The Morgan fingerprint density at radius 1 is 1.38 bits per heavy atom. The Balaban J connectivity index is 0.00000116. The smallest absolute Gasteiger partial charge is 0.379 e. The van der Waals surface area contributed by atoms with Gasteiger partial charge in [-0.1, -0.05) is 51.8 Å². The summed E-state index contributed by atoms with van der Waals surface area (Å²) >= 11 is 0. The van der Waals surface area contributed by atoms with Crippen molar-refractivity contribution in [3.8, 4) is 6.07 Å². The van der Waals surface area contributed by atoms with E-state index in [2.05, 4.69) is 29.0 Å². The summed E-state index contributed by atoms with van der Waals surface area (Å²) in [5.74, 6) is 0.0870. The van der Waals surface area contributed by atoms with Crippen molar-refractivity contribution < 1.29 is 23.1 Å². The van der Waals surface area contributed by atoms with Crippen LogP contribution >= 0.6 is 0 Å². The number of anilines is 1. The molecule has 2 rings (SSSR count). The Hall–Kier alpha value is -2.66. The zero-order valence-electron chi connectivity index (χ0n) is 16.8. The van der Waals surface area contributed by atoms with Crippen molar-refractivity contribution in [2.75, 3.05) is 11.9 Å². The molecule has 0 spiro atoms. The molecular formula is C21H28F3N3O2. The van der Waals surface area contributed by atoms with Gasteiger partial charge in [0.2, 0.25) is 0 Å². The molecule has 1 aromatic heterocycles. The van der Waals surface area contributed by atoms with Gasteiger partial charge in [-0.2, -0.15) is 18.4 Å². The minimum atomic E-state index is -3.67. The first-order valence-electron chi connectivity index (χ1n) is 9.48. The molecule has 0 aliphatic heterocycles. The molecule has 2 N–H and O–H groups in total. The van der Waals surface area contributed by atoms with Gasteiger partial charge in [0.1, 0.15) is 11.8 Å². The normalized spacial score (nSPS) is 13.6. The highest BCUT2D eigenvalue weighted by Crippen LogP contribution is 2.26. The molecule has 1 saturated carbocycles. The van der Waals surface area contributed by atoms with Gasteiger partial charge in [-0.05, 0) is 24.8 Å². The molecule has 1 aliphatic carbocycles. The van der Waals surface area contributed by atoms with Crippen LogP contribution in [0.3, 0.4) is 0 Å². The van der Waals surface area contributed by atoms with Crippen molar-refractivity contribution >= 4 is 17.7 Å². The molecule has 1 amide bonds. The molecule has 0 bridgehead atoms. The van der Waals surface area contributed by atoms with E-state index in [4.69, 9.17) is 5.11 Å². The zero-order valence-corrected chi connectivity index (χ0v) is 16.8. The van der Waals surface area contributed by atoms with E-state index in [1.807, 2.05) is 19.9 Å². The van der Waals surface area contributed by atoms with Crippen LogP contribution in [0.5, 0.6) is 0 Å². The van der Waals surface area contributed by atoms with Gasteiger partial charge in [-0.25, -0.2) is 4.98 Å². The Morgan fingerprint density at radius 3 is 2.48 bits per heavy atom. The lowest BCUT2D eigenvalue weighted by Gasteiger charge is -2.17. The quantitative estimate of drug-likeness (QED) is 0.649. The molecule has 29 heavy (non-hydrogen) atoms. The number of rotatable bonds is 5. The second-order valence-corrected chi connectivity index (χ2v) is 5.99. The summed E-state index contributed by atoms with van der Waals surface area (Å²) in [6.07, 6.45) is 11.6. The Morgan fingerprint density at radius 2 is 1.97 bits per heavy atom. The molecule has 8 heteroatoms. The van der Waals surface area contributed by atoms with Gasteiger partial charge in [0.15, 0.2) is 0 Å². The number of pyridine rings is 1. The second-order valence-electron chi connectivity index (χ2n) is 5.99. The van der Waals surface area contributed by atoms with Crippen LogP contribution in [0.1, 0.15) is 57.2 Å². The number of aliphatic hydroxyl groups is 1. The van der Waals surface area contributed by atoms with Gasteiger partial charge in [0.05, 0.1) is 18.5 Å². The first kappa shape index (κ1) is 26.3. The largest absolute Gasteiger partial charge is 0.391 e. The number of carbonyl (C=O) groups is 1. The SMILES string of the molecule is C=C(CO)C(=O)Nc1cnc(C#N)c(/C=C/C2CCCCC2)c1.CC.FC(F)F. The predicted octanol–water partition coefficient (Wildman–Crippen LogP) is 5.24. The highest BCUT2D eigenvalue weighted by molar-refractivity contribution is 6.03. The van der Waals surface area contributed by atoms with Crippen LogP contribution in [0.4, 0.5) is 18.9 Å². The monoisotopic (exact) mass is 411 g/mol. The fourth-order valence-corrected chi connectivity index (χ4v) is 2.63. The molecule has 0 saturated heterocycles. The topological polar surface area (TPSA) is 86.0 Å². The standard InChI is InChI=1S/C18H21N3O2.C2H6.CHF3/c1-13(12-22)18(23)21-16-9-15(17(10-19)20-11-16)8-7-14-5-3-2-4-6-14;1-2;2-1(3)4/h7-9,11,14,22H,1-6,12H2,(H,21,23);1-2H3;1H/b8-7+;;. The molecule has 1 heterocycles. The third-order valence-electron chi connectivity index (χ3n) is 3.99. The molecular weight excluding hydrogens is 383 g/mol. The molecule has 0 aromatic carbocycles. The van der Waals surface area contributed by atoms with Gasteiger partial charge in [-0.15, -0.1) is 0 Å². The van der Waals surface area contributed by atoms with Crippen LogP contribution in [0.2, 0.25) is 0 Å². The number of alkyl halides is 3.